The van der Waals surface area contributed by atoms with Crippen LogP contribution in [0.4, 0.5) is 0 Å². The largest absolute Gasteiger partial charge is 0.481 e. The normalized spacial score (nSPS) is 14.2. The molecule has 0 radical (unpaired) electrons. The van der Waals surface area contributed by atoms with Gasteiger partial charge in [-0.1, -0.05) is 11.6 Å². The zero-order valence-corrected chi connectivity index (χ0v) is 9.71. The number of aromatic nitrogens is 1. The highest BCUT2D eigenvalue weighted by Crippen LogP contribution is 2.10. The number of hydrogen-bond acceptors (Lipinski definition) is 2. The number of carbonyl (C=O) groups excluding carboxylic acids is 1. The highest BCUT2D eigenvalue weighted by Gasteiger charge is 2.21. The van der Waals surface area contributed by atoms with E-state index in [0.717, 1.165) is 0 Å². The van der Waals surface area contributed by atoms with Gasteiger partial charge in [0, 0.05) is 12.2 Å². The van der Waals surface area contributed by atoms with Crippen molar-refractivity contribution in [2.75, 3.05) is 0 Å². The van der Waals surface area contributed by atoms with Gasteiger partial charge >= 0.3 is 5.97 Å². The molecule has 1 aromatic heterocycles. The number of nitrogens with one attached hydrogen (secondary N) is 2. The zero-order valence-electron chi connectivity index (χ0n) is 8.95. The highest BCUT2D eigenvalue weighted by atomic mass is 35.5. The summed E-state index contributed by atoms with van der Waals surface area (Å²) in [6.07, 6.45) is 1.49. The summed E-state index contributed by atoms with van der Waals surface area (Å²) in [6.45, 7) is 3.18. The molecule has 2 atom stereocenters. The fraction of sp³-hybridized carbons (Fsp3) is 0.400. The molecule has 88 valence electrons. The number of aliphatic carboxylic acids is 1. The van der Waals surface area contributed by atoms with Crippen LogP contribution in [0.15, 0.2) is 12.3 Å². The average Bonchev–Trinajstić information content (AvgIpc) is 2.63. The van der Waals surface area contributed by atoms with Crippen molar-refractivity contribution >= 4 is 23.5 Å². The molecule has 16 heavy (non-hydrogen) atoms. The summed E-state index contributed by atoms with van der Waals surface area (Å²) < 4.78 is 0. The number of hydrogen-bond donors (Lipinski definition) is 3. The topological polar surface area (TPSA) is 82.2 Å². The molecule has 0 saturated carbocycles. The minimum atomic E-state index is -0.947. The molecule has 0 aromatic carbocycles. The molecule has 1 heterocycles. The SMILES string of the molecule is CC(NC(=O)c1cc(Cl)c[nH]1)C(C)C(=O)O. The summed E-state index contributed by atoms with van der Waals surface area (Å²) in [5.41, 5.74) is 0.314. The molecule has 0 bridgehead atoms. The third-order valence-electron chi connectivity index (χ3n) is 2.39. The van der Waals surface area contributed by atoms with Crippen molar-refractivity contribution in [1.29, 1.82) is 0 Å². The first kappa shape index (κ1) is 12.6. The van der Waals surface area contributed by atoms with Gasteiger partial charge < -0.3 is 15.4 Å². The first-order valence-corrected chi connectivity index (χ1v) is 5.17. The van der Waals surface area contributed by atoms with Gasteiger partial charge in [-0.25, -0.2) is 0 Å². The second-order valence-corrected chi connectivity index (χ2v) is 4.06. The summed E-state index contributed by atoms with van der Waals surface area (Å²) in [4.78, 5) is 25.0. The van der Waals surface area contributed by atoms with Crippen molar-refractivity contribution in [2.45, 2.75) is 19.9 Å². The van der Waals surface area contributed by atoms with Gasteiger partial charge in [0.2, 0.25) is 0 Å². The van der Waals surface area contributed by atoms with Gasteiger partial charge in [0.1, 0.15) is 5.69 Å². The Bertz CT molecular complexity index is 403. The van der Waals surface area contributed by atoms with E-state index in [4.69, 9.17) is 16.7 Å². The smallest absolute Gasteiger partial charge is 0.308 e. The molecular formula is C10H13ClN2O3. The predicted molar refractivity (Wildman–Crippen MR) is 59.5 cm³/mol. The van der Waals surface area contributed by atoms with Crippen LogP contribution in [0.1, 0.15) is 24.3 Å². The molecule has 6 heteroatoms. The monoisotopic (exact) mass is 244 g/mol. The van der Waals surface area contributed by atoms with E-state index in [1.807, 2.05) is 0 Å². The molecule has 3 N–H and O–H groups in total. The van der Waals surface area contributed by atoms with Gasteiger partial charge in [0.05, 0.1) is 10.9 Å². The van der Waals surface area contributed by atoms with E-state index >= 15 is 0 Å². The Kier molecular flexibility index (Phi) is 3.95. The standard InChI is InChI=1S/C10H13ClN2O3/c1-5(10(15)16)6(2)13-9(14)8-3-7(11)4-12-8/h3-6,12H,1-2H3,(H,13,14)(H,15,16). The highest BCUT2D eigenvalue weighted by molar-refractivity contribution is 6.30. The second kappa shape index (κ2) is 5.03. The predicted octanol–water partition coefficient (Wildman–Crippen LogP) is 1.51. The van der Waals surface area contributed by atoms with E-state index in [1.165, 1.54) is 19.2 Å². The van der Waals surface area contributed by atoms with Crippen molar-refractivity contribution in [2.24, 2.45) is 5.92 Å². The Morgan fingerprint density at radius 2 is 2.12 bits per heavy atom. The molecule has 0 spiro atoms. The third kappa shape index (κ3) is 3.00. The van der Waals surface area contributed by atoms with Crippen LogP contribution in [0.5, 0.6) is 0 Å². The third-order valence-corrected chi connectivity index (χ3v) is 2.61. The maximum Gasteiger partial charge on any atom is 0.308 e. The summed E-state index contributed by atoms with van der Waals surface area (Å²) in [5, 5.41) is 11.8. The van der Waals surface area contributed by atoms with Crippen molar-refractivity contribution in [3.8, 4) is 0 Å². The molecule has 0 saturated heterocycles. The minimum absolute atomic E-state index is 0.314. The van der Waals surface area contributed by atoms with Crippen molar-refractivity contribution < 1.29 is 14.7 Å². The molecule has 1 aromatic rings. The molecule has 2 unspecified atom stereocenters. The lowest BCUT2D eigenvalue weighted by atomic mass is 10.0. The number of amides is 1. The lowest BCUT2D eigenvalue weighted by Crippen LogP contribution is -2.40. The lowest BCUT2D eigenvalue weighted by molar-refractivity contribution is -0.141. The van der Waals surface area contributed by atoms with Gasteiger partial charge in [0.25, 0.3) is 5.91 Å². The van der Waals surface area contributed by atoms with Gasteiger partial charge in [-0.15, -0.1) is 0 Å². The van der Waals surface area contributed by atoms with E-state index in [9.17, 15) is 9.59 Å². The Labute approximate surface area is 97.8 Å². The van der Waals surface area contributed by atoms with E-state index in [2.05, 4.69) is 10.3 Å². The van der Waals surface area contributed by atoms with Crippen molar-refractivity contribution in [1.82, 2.24) is 10.3 Å². The maximum atomic E-state index is 11.6. The molecule has 5 nitrogen and oxygen atoms in total. The number of carboxylic acids is 1. The van der Waals surface area contributed by atoms with E-state index in [-0.39, 0.29) is 5.91 Å². The average molecular weight is 245 g/mol. The first-order valence-electron chi connectivity index (χ1n) is 4.79. The Morgan fingerprint density at radius 1 is 1.50 bits per heavy atom. The van der Waals surface area contributed by atoms with Crippen LogP contribution in [-0.2, 0) is 4.79 Å². The second-order valence-electron chi connectivity index (χ2n) is 3.62. The van der Waals surface area contributed by atoms with Crippen LogP contribution in [0.2, 0.25) is 5.02 Å². The summed E-state index contributed by atoms with van der Waals surface area (Å²) >= 11 is 5.65. The van der Waals surface area contributed by atoms with Crippen LogP contribution in [0.3, 0.4) is 0 Å². The van der Waals surface area contributed by atoms with Crippen LogP contribution in [-0.4, -0.2) is 28.0 Å². The molecule has 0 aliphatic carbocycles. The molecule has 0 aliphatic heterocycles. The summed E-state index contributed by atoms with van der Waals surface area (Å²) in [6, 6.07) is 1.03. The fourth-order valence-corrected chi connectivity index (χ4v) is 1.29. The van der Waals surface area contributed by atoms with E-state index in [1.54, 1.807) is 6.92 Å². The van der Waals surface area contributed by atoms with Gasteiger partial charge in [-0.3, -0.25) is 9.59 Å². The van der Waals surface area contributed by atoms with Gasteiger partial charge in [-0.05, 0) is 19.9 Å². The number of carboxylic acid groups (broad SMARTS) is 1. The number of halogens is 1. The van der Waals surface area contributed by atoms with Gasteiger partial charge in [-0.2, -0.15) is 0 Å². The Morgan fingerprint density at radius 3 is 2.56 bits per heavy atom. The fourth-order valence-electron chi connectivity index (χ4n) is 1.12. The maximum absolute atomic E-state index is 11.6. The van der Waals surface area contributed by atoms with E-state index in [0.29, 0.717) is 10.7 Å². The molecule has 0 fully saturated rings. The lowest BCUT2D eigenvalue weighted by Gasteiger charge is -2.17. The van der Waals surface area contributed by atoms with Crippen molar-refractivity contribution in [3.05, 3.63) is 23.0 Å². The quantitative estimate of drug-likeness (QED) is 0.751. The number of rotatable bonds is 4. The van der Waals surface area contributed by atoms with Gasteiger partial charge in [0.15, 0.2) is 0 Å². The Balaban J connectivity index is 2.61. The minimum Gasteiger partial charge on any atom is -0.481 e. The van der Waals surface area contributed by atoms with Crippen molar-refractivity contribution in [3.63, 3.8) is 0 Å². The molecule has 1 rings (SSSR count). The number of H-pyrrole nitrogens is 1. The zero-order chi connectivity index (χ0) is 12.3. The number of aromatic amines is 1. The molecule has 0 aliphatic rings. The summed E-state index contributed by atoms with van der Waals surface area (Å²) in [5.74, 6) is -1.96. The molecule has 1 amide bonds. The van der Waals surface area contributed by atoms with Crippen LogP contribution in [0, 0.1) is 5.92 Å². The Hall–Kier alpha value is -1.49. The first-order chi connectivity index (χ1) is 7.41. The van der Waals surface area contributed by atoms with Crippen LogP contribution in [0.25, 0.3) is 0 Å². The van der Waals surface area contributed by atoms with Crippen LogP contribution < -0.4 is 5.32 Å². The summed E-state index contributed by atoms with van der Waals surface area (Å²) in [7, 11) is 0. The van der Waals surface area contributed by atoms with Crippen LogP contribution >= 0.6 is 11.6 Å². The molecular weight excluding hydrogens is 232 g/mol. The van der Waals surface area contributed by atoms with E-state index < -0.39 is 17.9 Å². The number of carbonyl (C=O) groups is 2.